The minimum Gasteiger partial charge on any atom is -0.489 e. The molecule has 18 heavy (non-hydrogen) atoms. The molecule has 0 saturated carbocycles. The maximum Gasteiger partial charge on any atom is 0.125 e. The van der Waals surface area contributed by atoms with Crippen molar-refractivity contribution in [3.8, 4) is 5.75 Å². The zero-order chi connectivity index (χ0) is 12.8. The summed E-state index contributed by atoms with van der Waals surface area (Å²) in [6.07, 6.45) is 0. The standard InChI is InChI=1S/C15H16O3/c16-9-13-6-7-14(10-17)15(8-13)18-11-12-4-2-1-3-5-12/h1-8,16-17H,9-11H2. The third kappa shape index (κ3) is 3.09. The summed E-state index contributed by atoms with van der Waals surface area (Å²) in [5.41, 5.74) is 2.56. The molecule has 3 heteroatoms. The third-order valence-corrected chi connectivity index (χ3v) is 2.72. The lowest BCUT2D eigenvalue weighted by molar-refractivity contribution is 0.256. The van der Waals surface area contributed by atoms with E-state index in [4.69, 9.17) is 9.84 Å². The van der Waals surface area contributed by atoms with Crippen LogP contribution in [0.3, 0.4) is 0 Å². The number of rotatable bonds is 5. The highest BCUT2D eigenvalue weighted by Crippen LogP contribution is 2.22. The van der Waals surface area contributed by atoms with E-state index >= 15 is 0 Å². The Morgan fingerprint density at radius 1 is 0.833 bits per heavy atom. The second-order valence-electron chi connectivity index (χ2n) is 4.03. The third-order valence-electron chi connectivity index (χ3n) is 2.72. The van der Waals surface area contributed by atoms with E-state index in [9.17, 15) is 5.11 Å². The van der Waals surface area contributed by atoms with E-state index < -0.39 is 0 Å². The fraction of sp³-hybridized carbons (Fsp3) is 0.200. The van der Waals surface area contributed by atoms with E-state index in [-0.39, 0.29) is 13.2 Å². The van der Waals surface area contributed by atoms with Crippen LogP contribution in [-0.4, -0.2) is 10.2 Å². The first-order valence-corrected chi connectivity index (χ1v) is 5.83. The first kappa shape index (κ1) is 12.6. The molecule has 0 bridgehead atoms. The van der Waals surface area contributed by atoms with E-state index in [1.165, 1.54) is 0 Å². The van der Waals surface area contributed by atoms with Crippen LogP contribution in [0.25, 0.3) is 0 Å². The predicted molar refractivity (Wildman–Crippen MR) is 69.1 cm³/mol. The number of benzene rings is 2. The minimum atomic E-state index is -0.0736. The molecule has 0 spiro atoms. The minimum absolute atomic E-state index is 0.0343. The van der Waals surface area contributed by atoms with Crippen LogP contribution in [-0.2, 0) is 19.8 Å². The maximum absolute atomic E-state index is 9.24. The van der Waals surface area contributed by atoms with Crippen molar-refractivity contribution < 1.29 is 14.9 Å². The van der Waals surface area contributed by atoms with Gasteiger partial charge in [0.05, 0.1) is 13.2 Å². The zero-order valence-corrected chi connectivity index (χ0v) is 10.0. The molecule has 0 aromatic heterocycles. The molecule has 2 aromatic carbocycles. The molecule has 0 saturated heterocycles. The summed E-state index contributed by atoms with van der Waals surface area (Å²) in [5, 5.41) is 18.3. The monoisotopic (exact) mass is 244 g/mol. The number of hydrogen-bond acceptors (Lipinski definition) is 3. The van der Waals surface area contributed by atoms with Gasteiger partial charge in [0.1, 0.15) is 12.4 Å². The van der Waals surface area contributed by atoms with Gasteiger partial charge in [0.25, 0.3) is 0 Å². The second-order valence-corrected chi connectivity index (χ2v) is 4.03. The first-order chi connectivity index (χ1) is 8.83. The smallest absolute Gasteiger partial charge is 0.125 e. The highest BCUT2D eigenvalue weighted by Gasteiger charge is 2.04. The van der Waals surface area contributed by atoms with Crippen molar-refractivity contribution in [2.45, 2.75) is 19.8 Å². The van der Waals surface area contributed by atoms with Crippen LogP contribution in [0, 0.1) is 0 Å². The Kier molecular flexibility index (Phi) is 4.34. The molecule has 0 fully saturated rings. The average Bonchev–Trinajstić information content (AvgIpc) is 2.45. The number of hydrogen-bond donors (Lipinski definition) is 2. The topological polar surface area (TPSA) is 49.7 Å². The Morgan fingerprint density at radius 3 is 2.28 bits per heavy atom. The maximum atomic E-state index is 9.24. The normalized spacial score (nSPS) is 10.3. The fourth-order valence-corrected chi connectivity index (χ4v) is 1.70. The van der Waals surface area contributed by atoms with Gasteiger partial charge in [-0.05, 0) is 17.2 Å². The summed E-state index contributed by atoms with van der Waals surface area (Å²) >= 11 is 0. The van der Waals surface area contributed by atoms with Crippen molar-refractivity contribution in [3.63, 3.8) is 0 Å². The van der Waals surface area contributed by atoms with Gasteiger partial charge in [-0.25, -0.2) is 0 Å². The van der Waals surface area contributed by atoms with Gasteiger partial charge in [-0.1, -0.05) is 42.5 Å². The van der Waals surface area contributed by atoms with Gasteiger partial charge in [0.15, 0.2) is 0 Å². The summed E-state index contributed by atoms with van der Waals surface area (Å²) in [4.78, 5) is 0. The highest BCUT2D eigenvalue weighted by molar-refractivity contribution is 5.37. The van der Waals surface area contributed by atoms with Crippen molar-refractivity contribution in [2.24, 2.45) is 0 Å². The lowest BCUT2D eigenvalue weighted by Gasteiger charge is -2.11. The molecule has 0 unspecified atom stereocenters. The molecule has 2 N–H and O–H groups in total. The van der Waals surface area contributed by atoms with Gasteiger partial charge in [-0.15, -0.1) is 0 Å². The Balaban J connectivity index is 2.12. The van der Waals surface area contributed by atoms with Gasteiger partial charge in [0.2, 0.25) is 0 Å². The Bertz CT molecular complexity index is 494. The van der Waals surface area contributed by atoms with Crippen LogP contribution in [0.5, 0.6) is 5.75 Å². The Labute approximate surface area is 106 Å². The van der Waals surface area contributed by atoms with Gasteiger partial charge < -0.3 is 14.9 Å². The fourth-order valence-electron chi connectivity index (χ4n) is 1.70. The molecule has 0 radical (unpaired) electrons. The first-order valence-electron chi connectivity index (χ1n) is 5.83. The highest BCUT2D eigenvalue weighted by atomic mass is 16.5. The average molecular weight is 244 g/mol. The van der Waals surface area contributed by atoms with Gasteiger partial charge in [-0.3, -0.25) is 0 Å². The van der Waals surface area contributed by atoms with Crippen molar-refractivity contribution in [1.29, 1.82) is 0 Å². The van der Waals surface area contributed by atoms with E-state index in [1.54, 1.807) is 18.2 Å². The molecular formula is C15H16O3. The Morgan fingerprint density at radius 2 is 1.61 bits per heavy atom. The SMILES string of the molecule is OCc1ccc(CO)c(OCc2ccccc2)c1. The van der Waals surface area contributed by atoms with E-state index in [0.29, 0.717) is 12.4 Å². The quantitative estimate of drug-likeness (QED) is 0.848. The van der Waals surface area contributed by atoms with Crippen molar-refractivity contribution in [1.82, 2.24) is 0 Å². The molecule has 3 nitrogen and oxygen atoms in total. The number of aliphatic hydroxyl groups is 2. The summed E-state index contributed by atoms with van der Waals surface area (Å²) in [6, 6.07) is 15.1. The van der Waals surface area contributed by atoms with Crippen LogP contribution >= 0.6 is 0 Å². The van der Waals surface area contributed by atoms with Crippen molar-refractivity contribution in [3.05, 3.63) is 65.2 Å². The number of ether oxygens (including phenoxy) is 1. The summed E-state index contributed by atoms with van der Waals surface area (Å²) in [7, 11) is 0. The van der Waals surface area contributed by atoms with Crippen LogP contribution in [0.2, 0.25) is 0 Å². The second kappa shape index (κ2) is 6.19. The summed E-state index contributed by atoms with van der Waals surface area (Å²) in [6.45, 7) is 0.339. The molecule has 94 valence electrons. The van der Waals surface area contributed by atoms with Crippen LogP contribution < -0.4 is 4.74 Å². The van der Waals surface area contributed by atoms with Gasteiger partial charge >= 0.3 is 0 Å². The van der Waals surface area contributed by atoms with Gasteiger partial charge in [0, 0.05) is 5.56 Å². The lowest BCUT2D eigenvalue weighted by atomic mass is 10.1. The van der Waals surface area contributed by atoms with Crippen molar-refractivity contribution in [2.75, 3.05) is 0 Å². The largest absolute Gasteiger partial charge is 0.489 e. The lowest BCUT2D eigenvalue weighted by Crippen LogP contribution is -1.99. The summed E-state index contributed by atoms with van der Waals surface area (Å²) in [5.74, 6) is 0.618. The van der Waals surface area contributed by atoms with Gasteiger partial charge in [-0.2, -0.15) is 0 Å². The number of aliphatic hydroxyl groups excluding tert-OH is 2. The Hall–Kier alpha value is -1.84. The van der Waals surface area contributed by atoms with E-state index in [0.717, 1.165) is 16.7 Å². The molecule has 0 atom stereocenters. The summed E-state index contributed by atoms with van der Waals surface area (Å²) < 4.78 is 5.69. The molecule has 2 aromatic rings. The van der Waals surface area contributed by atoms with Crippen LogP contribution in [0.4, 0.5) is 0 Å². The molecule has 0 heterocycles. The van der Waals surface area contributed by atoms with Crippen LogP contribution in [0.1, 0.15) is 16.7 Å². The molecule has 0 aliphatic heterocycles. The molecule has 0 aliphatic carbocycles. The predicted octanol–water partition coefficient (Wildman–Crippen LogP) is 2.25. The molecular weight excluding hydrogens is 228 g/mol. The van der Waals surface area contributed by atoms with Crippen LogP contribution in [0.15, 0.2) is 48.5 Å². The molecule has 0 amide bonds. The van der Waals surface area contributed by atoms with E-state index in [2.05, 4.69) is 0 Å². The van der Waals surface area contributed by atoms with E-state index in [1.807, 2.05) is 30.3 Å². The molecule has 2 rings (SSSR count). The van der Waals surface area contributed by atoms with Crippen molar-refractivity contribution >= 4 is 0 Å². The molecule has 0 aliphatic rings. The zero-order valence-electron chi connectivity index (χ0n) is 10.0.